The molecule has 0 unspecified atom stereocenters. The third-order valence-electron chi connectivity index (χ3n) is 4.45. The fraction of sp³-hybridized carbons (Fsp3) is 0.190. The van der Waals surface area contributed by atoms with Gasteiger partial charge in [0.1, 0.15) is 5.75 Å². The Morgan fingerprint density at radius 3 is 2.61 bits per heavy atom. The molecule has 1 N–H and O–H groups in total. The molecule has 0 saturated heterocycles. The second kappa shape index (κ2) is 9.61. The highest BCUT2D eigenvalue weighted by molar-refractivity contribution is 5.91. The monoisotopic (exact) mass is 426 g/mol. The number of carbonyl (C=O) groups excluding carboxylic acids is 1. The van der Waals surface area contributed by atoms with Crippen LogP contribution in [0.5, 0.6) is 5.75 Å². The lowest BCUT2D eigenvalue weighted by Crippen LogP contribution is -2.23. The number of ether oxygens (including phenoxy) is 1. The minimum Gasteiger partial charge on any atom is -0.497 e. The summed E-state index contributed by atoms with van der Waals surface area (Å²) in [6, 6.07) is 13.4. The highest BCUT2D eigenvalue weighted by Crippen LogP contribution is 2.22. The number of aromatic nitrogens is 2. The molecular formula is C21H19FN4O5. The van der Waals surface area contributed by atoms with Gasteiger partial charge >= 0.3 is 5.69 Å². The van der Waals surface area contributed by atoms with Gasteiger partial charge in [0.05, 0.1) is 17.7 Å². The Hall–Kier alpha value is -4.08. The van der Waals surface area contributed by atoms with Crippen LogP contribution in [-0.4, -0.2) is 27.7 Å². The number of halogens is 1. The van der Waals surface area contributed by atoms with Gasteiger partial charge in [0.2, 0.25) is 11.7 Å². The molecular weight excluding hydrogens is 407 g/mol. The summed E-state index contributed by atoms with van der Waals surface area (Å²) in [4.78, 5) is 34.1. The number of rotatable bonds is 8. The molecule has 0 saturated carbocycles. The molecule has 0 spiro atoms. The van der Waals surface area contributed by atoms with Gasteiger partial charge < -0.3 is 10.1 Å². The summed E-state index contributed by atoms with van der Waals surface area (Å²) in [6.45, 7) is 0.208. The van der Waals surface area contributed by atoms with Crippen LogP contribution in [0.1, 0.15) is 12.8 Å². The molecule has 160 valence electrons. The fourth-order valence-corrected chi connectivity index (χ4v) is 2.87. The van der Waals surface area contributed by atoms with Gasteiger partial charge in [-0.15, -0.1) is 0 Å². The summed E-state index contributed by atoms with van der Waals surface area (Å²) in [5.41, 5.74) is 0.515. The standard InChI is InChI=1S/C21H19FN4O5/c1-31-16-7-4-14(5-8-16)18-10-11-21(28)25(24-18)12-2-3-20(27)23-15-6-9-17(22)19(13-15)26(29)30/h4-11,13H,2-3,12H2,1H3,(H,23,27). The molecule has 10 heteroatoms. The lowest BCUT2D eigenvalue weighted by Gasteiger charge is -2.08. The van der Waals surface area contributed by atoms with E-state index >= 15 is 0 Å². The van der Waals surface area contributed by atoms with Crippen LogP contribution in [0.2, 0.25) is 0 Å². The molecule has 1 aromatic heterocycles. The third-order valence-corrected chi connectivity index (χ3v) is 4.45. The van der Waals surface area contributed by atoms with Crippen LogP contribution in [-0.2, 0) is 11.3 Å². The molecule has 2 aromatic carbocycles. The lowest BCUT2D eigenvalue weighted by atomic mass is 10.1. The topological polar surface area (TPSA) is 116 Å². The van der Waals surface area contributed by atoms with E-state index in [0.717, 1.165) is 17.7 Å². The number of nitrogens with one attached hydrogen (secondary N) is 1. The number of nitro groups is 1. The van der Waals surface area contributed by atoms with E-state index in [-0.39, 0.29) is 24.2 Å². The third kappa shape index (κ3) is 5.50. The molecule has 0 aliphatic heterocycles. The maximum Gasteiger partial charge on any atom is 0.306 e. The van der Waals surface area contributed by atoms with Crippen LogP contribution in [0.3, 0.4) is 0 Å². The van der Waals surface area contributed by atoms with E-state index in [9.17, 15) is 24.1 Å². The number of nitrogens with zero attached hydrogens (tertiary/aromatic N) is 3. The van der Waals surface area contributed by atoms with Crippen LogP contribution < -0.4 is 15.6 Å². The smallest absolute Gasteiger partial charge is 0.306 e. The summed E-state index contributed by atoms with van der Waals surface area (Å²) < 4.78 is 19.8. The average molecular weight is 426 g/mol. The zero-order valence-corrected chi connectivity index (χ0v) is 16.6. The number of methoxy groups -OCH3 is 1. The van der Waals surface area contributed by atoms with E-state index in [2.05, 4.69) is 10.4 Å². The van der Waals surface area contributed by atoms with Crippen molar-refractivity contribution in [1.29, 1.82) is 0 Å². The molecule has 1 amide bonds. The quantitative estimate of drug-likeness (QED) is 0.436. The number of amides is 1. The van der Waals surface area contributed by atoms with E-state index in [1.165, 1.54) is 16.8 Å². The van der Waals surface area contributed by atoms with E-state index in [0.29, 0.717) is 17.9 Å². The first-order valence-electron chi connectivity index (χ1n) is 9.34. The maximum atomic E-state index is 13.4. The predicted octanol–water partition coefficient (Wildman–Crippen LogP) is 3.39. The van der Waals surface area contributed by atoms with Gasteiger partial charge in [0.15, 0.2) is 0 Å². The first-order valence-corrected chi connectivity index (χ1v) is 9.34. The molecule has 0 aliphatic rings. The molecule has 3 aromatic rings. The first-order chi connectivity index (χ1) is 14.9. The lowest BCUT2D eigenvalue weighted by molar-refractivity contribution is -0.387. The Kier molecular flexibility index (Phi) is 6.71. The first kappa shape index (κ1) is 21.6. The Morgan fingerprint density at radius 2 is 1.94 bits per heavy atom. The van der Waals surface area contributed by atoms with Gasteiger partial charge in [-0.1, -0.05) is 0 Å². The zero-order chi connectivity index (χ0) is 22.4. The molecule has 9 nitrogen and oxygen atoms in total. The summed E-state index contributed by atoms with van der Waals surface area (Å²) in [6.07, 6.45) is 0.361. The molecule has 1 heterocycles. The molecule has 0 radical (unpaired) electrons. The summed E-state index contributed by atoms with van der Waals surface area (Å²) in [7, 11) is 1.57. The Balaban J connectivity index is 1.61. The van der Waals surface area contributed by atoms with Crippen molar-refractivity contribution in [2.45, 2.75) is 19.4 Å². The normalized spacial score (nSPS) is 10.5. The highest BCUT2D eigenvalue weighted by atomic mass is 19.1. The van der Waals surface area contributed by atoms with Gasteiger partial charge in [-0.05, 0) is 48.9 Å². The van der Waals surface area contributed by atoms with Gasteiger partial charge in [-0.2, -0.15) is 9.49 Å². The Morgan fingerprint density at radius 1 is 1.19 bits per heavy atom. The van der Waals surface area contributed by atoms with Gasteiger partial charge in [-0.3, -0.25) is 19.7 Å². The van der Waals surface area contributed by atoms with E-state index in [1.807, 2.05) is 12.1 Å². The Bertz CT molecular complexity index is 1160. The van der Waals surface area contributed by atoms with E-state index in [1.54, 1.807) is 25.3 Å². The van der Waals surface area contributed by atoms with Crippen LogP contribution in [0.4, 0.5) is 15.8 Å². The van der Waals surface area contributed by atoms with Crippen LogP contribution in [0.15, 0.2) is 59.4 Å². The zero-order valence-electron chi connectivity index (χ0n) is 16.6. The number of carbonyl (C=O) groups is 1. The minimum atomic E-state index is -0.981. The second-order valence-electron chi connectivity index (χ2n) is 6.58. The molecule has 0 bridgehead atoms. The number of benzene rings is 2. The minimum absolute atomic E-state index is 0.0477. The van der Waals surface area contributed by atoms with Gasteiger partial charge in [0, 0.05) is 36.3 Å². The van der Waals surface area contributed by atoms with Gasteiger partial charge in [0.25, 0.3) is 5.56 Å². The molecule has 0 fully saturated rings. The van der Waals surface area contributed by atoms with Crippen molar-refractivity contribution < 1.29 is 18.8 Å². The molecule has 0 aliphatic carbocycles. The van der Waals surface area contributed by atoms with Crippen molar-refractivity contribution in [2.75, 3.05) is 12.4 Å². The molecule has 0 atom stereocenters. The highest BCUT2D eigenvalue weighted by Gasteiger charge is 2.15. The van der Waals surface area contributed by atoms with Crippen molar-refractivity contribution in [1.82, 2.24) is 9.78 Å². The number of hydrogen-bond acceptors (Lipinski definition) is 6. The molecule has 3 rings (SSSR count). The van der Waals surface area contributed by atoms with Crippen molar-refractivity contribution in [3.8, 4) is 17.0 Å². The fourth-order valence-electron chi connectivity index (χ4n) is 2.87. The summed E-state index contributed by atoms with van der Waals surface area (Å²) >= 11 is 0. The number of nitro benzene ring substituents is 1. The number of anilines is 1. The van der Waals surface area contributed by atoms with E-state index in [4.69, 9.17) is 4.74 Å². The van der Waals surface area contributed by atoms with Crippen molar-refractivity contribution in [2.24, 2.45) is 0 Å². The number of hydrogen-bond donors (Lipinski definition) is 1. The SMILES string of the molecule is COc1ccc(-c2ccc(=O)n(CCCC(=O)Nc3ccc(F)c([N+](=O)[O-])c3)n2)cc1. The van der Waals surface area contributed by atoms with Crippen molar-refractivity contribution in [3.63, 3.8) is 0 Å². The van der Waals surface area contributed by atoms with E-state index < -0.39 is 22.3 Å². The number of aryl methyl sites for hydroxylation is 1. The second-order valence-corrected chi connectivity index (χ2v) is 6.58. The molecule has 31 heavy (non-hydrogen) atoms. The largest absolute Gasteiger partial charge is 0.497 e. The van der Waals surface area contributed by atoms with Crippen LogP contribution in [0, 0.1) is 15.9 Å². The van der Waals surface area contributed by atoms with Crippen LogP contribution >= 0.6 is 0 Å². The predicted molar refractivity (Wildman–Crippen MR) is 111 cm³/mol. The average Bonchev–Trinajstić information content (AvgIpc) is 2.76. The maximum absolute atomic E-state index is 13.4. The summed E-state index contributed by atoms with van der Waals surface area (Å²) in [5.74, 6) is -0.694. The van der Waals surface area contributed by atoms with Crippen LogP contribution in [0.25, 0.3) is 11.3 Å². The van der Waals surface area contributed by atoms with Crippen molar-refractivity contribution >= 4 is 17.3 Å². The Labute approximate surface area is 176 Å². The van der Waals surface area contributed by atoms with Crippen molar-refractivity contribution in [3.05, 3.63) is 80.9 Å². The summed E-state index contributed by atoms with van der Waals surface area (Å²) in [5, 5.41) is 17.6. The van der Waals surface area contributed by atoms with Gasteiger partial charge in [-0.25, -0.2) is 4.68 Å².